The number of anilines is 1. The number of alkyl halides is 3. The SMILES string of the molecule is O=C(NC1CN(c2cc(C(F)(F)F)ccn2)C1)C1(c2ccccc2)CCOCC1. The van der Waals surface area contributed by atoms with E-state index in [0.717, 1.165) is 23.9 Å². The summed E-state index contributed by atoms with van der Waals surface area (Å²) < 4.78 is 44.2. The number of rotatable bonds is 4. The summed E-state index contributed by atoms with van der Waals surface area (Å²) in [5, 5.41) is 3.08. The maximum absolute atomic E-state index is 13.2. The number of hydrogen-bond donors (Lipinski definition) is 1. The van der Waals surface area contributed by atoms with E-state index in [2.05, 4.69) is 10.3 Å². The molecule has 2 fully saturated rings. The van der Waals surface area contributed by atoms with Crippen molar-refractivity contribution >= 4 is 11.7 Å². The van der Waals surface area contributed by atoms with E-state index in [1.54, 1.807) is 4.90 Å². The van der Waals surface area contributed by atoms with Gasteiger partial charge in [0.15, 0.2) is 0 Å². The molecule has 2 aliphatic rings. The van der Waals surface area contributed by atoms with Gasteiger partial charge in [0.05, 0.1) is 17.0 Å². The van der Waals surface area contributed by atoms with Crippen molar-refractivity contribution in [2.75, 3.05) is 31.2 Å². The number of nitrogens with zero attached hydrogens (tertiary/aromatic N) is 2. The lowest BCUT2D eigenvalue weighted by Crippen LogP contribution is -2.63. The van der Waals surface area contributed by atoms with Gasteiger partial charge in [-0.1, -0.05) is 30.3 Å². The molecule has 29 heavy (non-hydrogen) atoms. The molecule has 1 N–H and O–H groups in total. The molecule has 0 aliphatic carbocycles. The molecule has 0 bridgehead atoms. The third-order valence-electron chi connectivity index (χ3n) is 5.72. The molecule has 5 nitrogen and oxygen atoms in total. The lowest BCUT2D eigenvalue weighted by Gasteiger charge is -2.43. The van der Waals surface area contributed by atoms with Gasteiger partial charge in [0.25, 0.3) is 0 Å². The minimum atomic E-state index is -4.40. The highest BCUT2D eigenvalue weighted by Crippen LogP contribution is 2.36. The van der Waals surface area contributed by atoms with E-state index in [-0.39, 0.29) is 17.8 Å². The van der Waals surface area contributed by atoms with Crippen LogP contribution in [0.4, 0.5) is 19.0 Å². The molecule has 1 aromatic carbocycles. The second kappa shape index (κ2) is 7.67. The minimum absolute atomic E-state index is 0.0475. The predicted molar refractivity (Wildman–Crippen MR) is 102 cm³/mol. The van der Waals surface area contributed by atoms with Gasteiger partial charge >= 0.3 is 6.18 Å². The number of carbonyl (C=O) groups excluding carboxylic acids is 1. The second-order valence-corrected chi connectivity index (χ2v) is 7.54. The van der Waals surface area contributed by atoms with Crippen LogP contribution in [0.5, 0.6) is 0 Å². The van der Waals surface area contributed by atoms with Crippen LogP contribution in [-0.4, -0.2) is 43.2 Å². The van der Waals surface area contributed by atoms with Crippen molar-refractivity contribution < 1.29 is 22.7 Å². The van der Waals surface area contributed by atoms with Gasteiger partial charge in [-0.25, -0.2) is 4.98 Å². The number of pyridine rings is 1. The van der Waals surface area contributed by atoms with E-state index in [1.165, 1.54) is 0 Å². The highest BCUT2D eigenvalue weighted by Gasteiger charge is 2.43. The molecule has 1 aromatic heterocycles. The first kappa shape index (κ1) is 19.7. The van der Waals surface area contributed by atoms with E-state index < -0.39 is 17.2 Å². The number of carbonyl (C=O) groups is 1. The Labute approximate surface area is 166 Å². The average molecular weight is 405 g/mol. The quantitative estimate of drug-likeness (QED) is 0.849. The molecule has 0 saturated carbocycles. The molecule has 0 atom stereocenters. The predicted octanol–water partition coefficient (Wildman–Crippen LogP) is 3.15. The monoisotopic (exact) mass is 405 g/mol. The largest absolute Gasteiger partial charge is 0.416 e. The maximum atomic E-state index is 13.2. The topological polar surface area (TPSA) is 54.5 Å². The van der Waals surface area contributed by atoms with Crippen LogP contribution in [0.3, 0.4) is 0 Å². The molecule has 0 radical (unpaired) electrons. The molecule has 2 aliphatic heterocycles. The van der Waals surface area contributed by atoms with Crippen molar-refractivity contribution in [3.8, 4) is 0 Å². The fourth-order valence-corrected chi connectivity index (χ4v) is 3.97. The zero-order valence-electron chi connectivity index (χ0n) is 15.8. The Bertz CT molecular complexity index is 861. The lowest BCUT2D eigenvalue weighted by molar-refractivity contribution is -0.137. The van der Waals surface area contributed by atoms with Gasteiger partial charge in [-0.2, -0.15) is 13.2 Å². The van der Waals surface area contributed by atoms with Crippen LogP contribution >= 0.6 is 0 Å². The highest BCUT2D eigenvalue weighted by atomic mass is 19.4. The van der Waals surface area contributed by atoms with Gasteiger partial charge in [-0.05, 0) is 30.5 Å². The molecule has 2 aromatic rings. The summed E-state index contributed by atoms with van der Waals surface area (Å²) in [6.45, 7) is 1.91. The Morgan fingerprint density at radius 1 is 1.14 bits per heavy atom. The van der Waals surface area contributed by atoms with Crippen molar-refractivity contribution in [3.63, 3.8) is 0 Å². The highest BCUT2D eigenvalue weighted by molar-refractivity contribution is 5.89. The molecule has 8 heteroatoms. The van der Waals surface area contributed by atoms with Gasteiger partial charge in [-0.15, -0.1) is 0 Å². The minimum Gasteiger partial charge on any atom is -0.381 e. The van der Waals surface area contributed by atoms with Gasteiger partial charge in [-0.3, -0.25) is 4.79 Å². The first-order valence-corrected chi connectivity index (χ1v) is 9.61. The van der Waals surface area contributed by atoms with E-state index in [4.69, 9.17) is 4.74 Å². The summed E-state index contributed by atoms with van der Waals surface area (Å²) in [4.78, 5) is 19.0. The Balaban J connectivity index is 1.42. The van der Waals surface area contributed by atoms with Crippen LogP contribution in [0.2, 0.25) is 0 Å². The maximum Gasteiger partial charge on any atom is 0.416 e. The van der Waals surface area contributed by atoms with Gasteiger partial charge < -0.3 is 15.0 Å². The van der Waals surface area contributed by atoms with Crippen molar-refractivity contribution in [2.45, 2.75) is 30.5 Å². The molecule has 1 amide bonds. The summed E-state index contributed by atoms with van der Waals surface area (Å²) in [5.74, 6) is 0.225. The smallest absolute Gasteiger partial charge is 0.381 e. The normalized spacial score (nSPS) is 19.5. The van der Waals surface area contributed by atoms with Crippen molar-refractivity contribution in [3.05, 3.63) is 59.8 Å². The van der Waals surface area contributed by atoms with Crippen LogP contribution in [0.1, 0.15) is 24.0 Å². The van der Waals surface area contributed by atoms with Crippen molar-refractivity contribution in [1.29, 1.82) is 0 Å². The van der Waals surface area contributed by atoms with Crippen LogP contribution in [0.25, 0.3) is 0 Å². The van der Waals surface area contributed by atoms with E-state index in [1.807, 2.05) is 30.3 Å². The van der Waals surface area contributed by atoms with Crippen LogP contribution in [-0.2, 0) is 21.1 Å². The van der Waals surface area contributed by atoms with Crippen LogP contribution in [0.15, 0.2) is 48.7 Å². The lowest BCUT2D eigenvalue weighted by atomic mass is 9.73. The molecule has 2 saturated heterocycles. The zero-order valence-corrected chi connectivity index (χ0v) is 15.8. The number of hydrogen-bond acceptors (Lipinski definition) is 4. The van der Waals surface area contributed by atoms with Crippen molar-refractivity contribution in [2.24, 2.45) is 0 Å². The van der Waals surface area contributed by atoms with E-state index >= 15 is 0 Å². The third kappa shape index (κ3) is 3.94. The van der Waals surface area contributed by atoms with Crippen LogP contribution in [0, 0.1) is 0 Å². The van der Waals surface area contributed by atoms with Gasteiger partial charge in [0, 0.05) is 32.5 Å². The number of benzene rings is 1. The first-order valence-electron chi connectivity index (χ1n) is 9.61. The molecule has 0 spiro atoms. The number of aromatic nitrogens is 1. The Kier molecular flexibility index (Phi) is 5.21. The standard InChI is InChI=1S/C21H22F3N3O2/c22-21(23,24)16-6-9-25-18(12-16)27-13-17(14-27)26-19(28)20(7-10-29-11-8-20)15-4-2-1-3-5-15/h1-6,9,12,17H,7-8,10-11,13-14H2,(H,26,28). The number of halogens is 3. The summed E-state index contributed by atoms with van der Waals surface area (Å²) >= 11 is 0. The van der Waals surface area contributed by atoms with E-state index in [9.17, 15) is 18.0 Å². The first-order chi connectivity index (χ1) is 13.9. The summed E-state index contributed by atoms with van der Waals surface area (Å²) in [7, 11) is 0. The van der Waals surface area contributed by atoms with Crippen molar-refractivity contribution in [1.82, 2.24) is 10.3 Å². The summed E-state index contributed by atoms with van der Waals surface area (Å²) in [5.41, 5.74) is -0.384. The van der Waals surface area contributed by atoms with Crippen LogP contribution < -0.4 is 10.2 Å². The Morgan fingerprint density at radius 2 is 1.83 bits per heavy atom. The second-order valence-electron chi connectivity index (χ2n) is 7.54. The number of amides is 1. The fraction of sp³-hybridized carbons (Fsp3) is 0.429. The summed E-state index contributed by atoms with van der Waals surface area (Å²) in [6.07, 6.45) is -2.03. The van der Waals surface area contributed by atoms with Gasteiger partial charge in [0.2, 0.25) is 5.91 Å². The van der Waals surface area contributed by atoms with E-state index in [0.29, 0.717) is 39.1 Å². The van der Waals surface area contributed by atoms with Gasteiger partial charge in [0.1, 0.15) is 5.82 Å². The molecule has 4 rings (SSSR count). The Morgan fingerprint density at radius 3 is 2.48 bits per heavy atom. The Hall–Kier alpha value is -2.61. The molecular weight excluding hydrogens is 383 g/mol. The molecule has 3 heterocycles. The average Bonchev–Trinajstić information content (AvgIpc) is 2.71. The molecule has 154 valence electrons. The number of nitrogens with one attached hydrogen (secondary N) is 1. The third-order valence-corrected chi connectivity index (χ3v) is 5.72. The fourth-order valence-electron chi connectivity index (χ4n) is 3.97. The molecular formula is C21H22F3N3O2. The molecule has 0 unspecified atom stereocenters. The zero-order chi connectivity index (χ0) is 20.5. The number of ether oxygens (including phenoxy) is 1. The summed E-state index contributed by atoms with van der Waals surface area (Å²) in [6, 6.07) is 11.6.